The third kappa shape index (κ3) is 3.23. The predicted octanol–water partition coefficient (Wildman–Crippen LogP) is -0.447. The summed E-state index contributed by atoms with van der Waals surface area (Å²) in [5, 5.41) is 18.1. The fraction of sp³-hybridized carbons (Fsp3) is 0.100. The highest BCUT2D eigenvalue weighted by Crippen LogP contribution is 2.00. The molecule has 0 saturated heterocycles. The number of rotatable bonds is 3. The van der Waals surface area contributed by atoms with Crippen LogP contribution in [0.1, 0.15) is 5.56 Å². The van der Waals surface area contributed by atoms with Gasteiger partial charge in [0.1, 0.15) is 0 Å². The zero-order chi connectivity index (χ0) is 11.3. The van der Waals surface area contributed by atoms with Crippen LogP contribution in [0, 0.1) is 0 Å². The molecule has 0 spiro atoms. The molecule has 0 aromatic heterocycles. The Morgan fingerprint density at radius 1 is 1.40 bits per heavy atom. The summed E-state index contributed by atoms with van der Waals surface area (Å²) in [6.45, 7) is 0. The van der Waals surface area contributed by atoms with Crippen molar-refractivity contribution in [1.29, 1.82) is 0 Å². The molecule has 15 heavy (non-hydrogen) atoms. The zero-order valence-corrected chi connectivity index (χ0v) is 8.25. The Kier molecular flexibility index (Phi) is 4.09. The van der Waals surface area contributed by atoms with Crippen molar-refractivity contribution in [2.24, 2.45) is 0 Å². The van der Waals surface area contributed by atoms with Crippen LogP contribution in [0.4, 0.5) is 0 Å². The lowest BCUT2D eigenvalue weighted by Crippen LogP contribution is -2.31. The van der Waals surface area contributed by atoms with Crippen molar-refractivity contribution in [3.8, 4) is 0 Å². The van der Waals surface area contributed by atoms with Crippen LogP contribution < -0.4 is 5.46 Å². The van der Waals surface area contributed by atoms with Gasteiger partial charge in [0.2, 0.25) is 0 Å². The van der Waals surface area contributed by atoms with Gasteiger partial charge in [0.05, 0.1) is 7.11 Å². The van der Waals surface area contributed by atoms with Crippen LogP contribution in [0.3, 0.4) is 0 Å². The van der Waals surface area contributed by atoms with Crippen molar-refractivity contribution < 1.29 is 19.6 Å². The lowest BCUT2D eigenvalue weighted by molar-refractivity contribution is -0.134. The Labute approximate surface area is 88.0 Å². The molecule has 0 amide bonds. The van der Waals surface area contributed by atoms with Gasteiger partial charge in [-0.25, -0.2) is 4.79 Å². The van der Waals surface area contributed by atoms with Gasteiger partial charge in [-0.1, -0.05) is 24.3 Å². The summed E-state index contributed by atoms with van der Waals surface area (Å²) in [6, 6.07) is 6.67. The van der Waals surface area contributed by atoms with Crippen LogP contribution in [-0.4, -0.2) is 30.2 Å². The second-order valence-corrected chi connectivity index (χ2v) is 2.86. The van der Waals surface area contributed by atoms with Crippen molar-refractivity contribution in [1.82, 2.24) is 0 Å². The number of carbonyl (C=O) groups is 1. The summed E-state index contributed by atoms with van der Waals surface area (Å²) in [5.74, 6) is -0.489. The summed E-state index contributed by atoms with van der Waals surface area (Å²) < 4.78 is 4.42. The first-order valence-corrected chi connectivity index (χ1v) is 4.36. The average molecular weight is 206 g/mol. The lowest BCUT2D eigenvalue weighted by Gasteiger charge is -2.03. The largest absolute Gasteiger partial charge is 0.489 e. The summed E-state index contributed by atoms with van der Waals surface area (Å²) in [7, 11) is -0.275. The van der Waals surface area contributed by atoms with Crippen LogP contribution in [0.25, 0.3) is 6.08 Å². The SMILES string of the molecule is COC(=O)/C=C/c1ccccc1B(O)O. The molecule has 1 rings (SSSR count). The third-order valence-corrected chi connectivity index (χ3v) is 1.87. The smallest absolute Gasteiger partial charge is 0.466 e. The van der Waals surface area contributed by atoms with E-state index >= 15 is 0 Å². The molecule has 0 aliphatic heterocycles. The molecule has 4 nitrogen and oxygen atoms in total. The molecule has 0 unspecified atom stereocenters. The molecule has 5 heteroatoms. The third-order valence-electron chi connectivity index (χ3n) is 1.87. The van der Waals surface area contributed by atoms with Crippen LogP contribution in [0.15, 0.2) is 30.3 Å². The van der Waals surface area contributed by atoms with E-state index in [-0.39, 0.29) is 0 Å². The van der Waals surface area contributed by atoms with Gasteiger partial charge in [-0.15, -0.1) is 0 Å². The monoisotopic (exact) mass is 206 g/mol. The molecule has 0 aliphatic rings. The minimum atomic E-state index is -1.55. The van der Waals surface area contributed by atoms with Gasteiger partial charge in [-0.05, 0) is 17.1 Å². The number of esters is 1. The molecule has 0 heterocycles. The van der Waals surface area contributed by atoms with E-state index in [9.17, 15) is 4.79 Å². The van der Waals surface area contributed by atoms with Gasteiger partial charge < -0.3 is 14.8 Å². The average Bonchev–Trinajstić information content (AvgIpc) is 2.26. The van der Waals surface area contributed by atoms with Crippen molar-refractivity contribution >= 4 is 24.6 Å². The molecule has 78 valence electrons. The van der Waals surface area contributed by atoms with E-state index in [2.05, 4.69) is 4.74 Å². The van der Waals surface area contributed by atoms with Crippen molar-refractivity contribution in [3.63, 3.8) is 0 Å². The van der Waals surface area contributed by atoms with Gasteiger partial charge in [0.25, 0.3) is 0 Å². The predicted molar refractivity (Wildman–Crippen MR) is 57.3 cm³/mol. The normalized spacial score (nSPS) is 10.3. The van der Waals surface area contributed by atoms with Gasteiger partial charge >= 0.3 is 13.1 Å². The topological polar surface area (TPSA) is 66.8 Å². The molecular formula is C10H11BO4. The van der Waals surface area contributed by atoms with Crippen molar-refractivity contribution in [3.05, 3.63) is 35.9 Å². The Morgan fingerprint density at radius 2 is 2.07 bits per heavy atom. The Bertz CT molecular complexity index is 373. The van der Waals surface area contributed by atoms with Crippen molar-refractivity contribution in [2.75, 3.05) is 7.11 Å². The van der Waals surface area contributed by atoms with Gasteiger partial charge in [0.15, 0.2) is 0 Å². The molecule has 0 fully saturated rings. The van der Waals surface area contributed by atoms with Gasteiger partial charge in [0, 0.05) is 6.08 Å². The Morgan fingerprint density at radius 3 is 2.67 bits per heavy atom. The Balaban J connectivity index is 2.94. The first-order chi connectivity index (χ1) is 7.15. The van der Waals surface area contributed by atoms with E-state index in [4.69, 9.17) is 10.0 Å². The zero-order valence-electron chi connectivity index (χ0n) is 8.25. The fourth-order valence-electron chi connectivity index (χ4n) is 1.12. The minimum Gasteiger partial charge on any atom is -0.466 e. The first kappa shape index (κ1) is 11.5. The number of benzene rings is 1. The van der Waals surface area contributed by atoms with E-state index in [1.807, 2.05) is 0 Å². The maximum absolute atomic E-state index is 10.8. The quantitative estimate of drug-likeness (QED) is 0.399. The van der Waals surface area contributed by atoms with Crippen LogP contribution in [0.2, 0.25) is 0 Å². The fourth-order valence-corrected chi connectivity index (χ4v) is 1.12. The standard InChI is InChI=1S/C10H11BO4/c1-15-10(12)7-6-8-4-2-3-5-9(8)11(13)14/h2-7,13-14H,1H3/b7-6+. The van der Waals surface area contributed by atoms with Crippen LogP contribution in [-0.2, 0) is 9.53 Å². The van der Waals surface area contributed by atoms with E-state index < -0.39 is 13.1 Å². The van der Waals surface area contributed by atoms with Crippen LogP contribution >= 0.6 is 0 Å². The highest BCUT2D eigenvalue weighted by molar-refractivity contribution is 6.59. The molecule has 0 aliphatic carbocycles. The number of ether oxygens (including phenoxy) is 1. The minimum absolute atomic E-state index is 0.345. The summed E-state index contributed by atoms with van der Waals surface area (Å²) >= 11 is 0. The van der Waals surface area contributed by atoms with E-state index in [1.54, 1.807) is 24.3 Å². The number of hydrogen-bond donors (Lipinski definition) is 2. The molecular weight excluding hydrogens is 195 g/mol. The van der Waals surface area contributed by atoms with E-state index in [1.165, 1.54) is 19.3 Å². The number of hydrogen-bond acceptors (Lipinski definition) is 4. The second-order valence-electron chi connectivity index (χ2n) is 2.86. The molecule has 0 saturated carbocycles. The molecule has 1 aromatic rings. The van der Waals surface area contributed by atoms with E-state index in [0.717, 1.165) is 0 Å². The Hall–Kier alpha value is -1.59. The molecule has 0 bridgehead atoms. The number of methoxy groups -OCH3 is 1. The summed E-state index contributed by atoms with van der Waals surface area (Å²) in [5.41, 5.74) is 0.913. The highest BCUT2D eigenvalue weighted by atomic mass is 16.5. The maximum atomic E-state index is 10.8. The first-order valence-electron chi connectivity index (χ1n) is 4.36. The number of carbonyl (C=O) groups excluding carboxylic acids is 1. The van der Waals surface area contributed by atoms with Gasteiger partial charge in [-0.2, -0.15) is 0 Å². The van der Waals surface area contributed by atoms with E-state index in [0.29, 0.717) is 11.0 Å². The van der Waals surface area contributed by atoms with Crippen LogP contribution in [0.5, 0.6) is 0 Å². The molecule has 2 N–H and O–H groups in total. The second kappa shape index (κ2) is 5.33. The van der Waals surface area contributed by atoms with Gasteiger partial charge in [-0.3, -0.25) is 0 Å². The highest BCUT2D eigenvalue weighted by Gasteiger charge is 2.13. The molecule has 0 atom stereocenters. The maximum Gasteiger partial charge on any atom is 0.489 e. The van der Waals surface area contributed by atoms with Crippen molar-refractivity contribution in [2.45, 2.75) is 0 Å². The summed E-state index contributed by atoms with van der Waals surface area (Å²) in [6.07, 6.45) is 2.70. The molecule has 1 aromatic carbocycles. The molecule has 0 radical (unpaired) electrons. The summed E-state index contributed by atoms with van der Waals surface area (Å²) in [4.78, 5) is 10.8. The lowest BCUT2D eigenvalue weighted by atomic mass is 9.77.